The Morgan fingerprint density at radius 1 is 1.00 bits per heavy atom. The van der Waals surface area contributed by atoms with Crippen molar-refractivity contribution in [3.63, 3.8) is 0 Å². The average Bonchev–Trinajstić information content (AvgIpc) is 2.90. The maximum atomic E-state index is 13.3. The second-order valence-corrected chi connectivity index (χ2v) is 7.05. The fourth-order valence-electron chi connectivity index (χ4n) is 3.54. The number of carbonyl (C=O) groups excluding carboxylic acids is 1. The van der Waals surface area contributed by atoms with Crippen LogP contribution in [0.2, 0.25) is 0 Å². The fraction of sp³-hybridized carbons (Fsp3) is 0.350. The summed E-state index contributed by atoms with van der Waals surface area (Å²) in [5, 5.41) is 3.30. The molecule has 136 valence electrons. The quantitative estimate of drug-likeness (QED) is 0.892. The van der Waals surface area contributed by atoms with Crippen molar-refractivity contribution in [2.75, 3.05) is 30.4 Å². The number of nitrogens with one attached hydrogen (secondary N) is 1. The molecular formula is C20H21F2N3O. The molecule has 0 unspecified atom stereocenters. The molecule has 0 spiro atoms. The first-order valence-corrected chi connectivity index (χ1v) is 8.80. The minimum Gasteiger partial charge on any atom is -0.371 e. The fourth-order valence-corrected chi connectivity index (χ4v) is 3.54. The van der Waals surface area contributed by atoms with Crippen LogP contribution in [0.1, 0.15) is 28.8 Å². The Morgan fingerprint density at radius 3 is 2.35 bits per heavy atom. The van der Waals surface area contributed by atoms with E-state index >= 15 is 0 Å². The van der Waals surface area contributed by atoms with Crippen molar-refractivity contribution in [3.8, 4) is 0 Å². The number of alkyl halides is 2. The summed E-state index contributed by atoms with van der Waals surface area (Å²) in [5.74, 6) is -2.49. The van der Waals surface area contributed by atoms with Gasteiger partial charge in [0.05, 0.1) is 0 Å². The Morgan fingerprint density at radius 2 is 1.65 bits per heavy atom. The maximum absolute atomic E-state index is 13.3. The summed E-state index contributed by atoms with van der Waals surface area (Å²) >= 11 is 0. The molecule has 1 saturated heterocycles. The third kappa shape index (κ3) is 3.23. The molecule has 6 heteroatoms. The predicted octanol–water partition coefficient (Wildman–Crippen LogP) is 4.25. The Kier molecular flexibility index (Phi) is 4.05. The number of hydrogen-bond donors (Lipinski definition) is 1. The Hall–Kier alpha value is -2.63. The molecule has 4 nitrogen and oxygen atoms in total. The predicted molar refractivity (Wildman–Crippen MR) is 98.4 cm³/mol. The van der Waals surface area contributed by atoms with E-state index in [1.807, 2.05) is 47.4 Å². The number of hydrogen-bond acceptors (Lipinski definition) is 3. The zero-order valence-electron chi connectivity index (χ0n) is 14.6. The summed E-state index contributed by atoms with van der Waals surface area (Å²) < 4.78 is 26.6. The van der Waals surface area contributed by atoms with Gasteiger partial charge in [0.2, 0.25) is 0 Å². The third-order valence-electron chi connectivity index (χ3n) is 5.11. The lowest BCUT2D eigenvalue weighted by Gasteiger charge is -2.33. The molecule has 2 aliphatic heterocycles. The number of benzene rings is 2. The summed E-state index contributed by atoms with van der Waals surface area (Å²) in [5.41, 5.74) is 4.49. The van der Waals surface area contributed by atoms with Crippen LogP contribution in [0, 0.1) is 0 Å². The van der Waals surface area contributed by atoms with Crippen LogP contribution in [0.25, 0.3) is 0 Å². The Labute approximate surface area is 151 Å². The lowest BCUT2D eigenvalue weighted by atomic mass is 10.1. The minimum absolute atomic E-state index is 0.0425. The van der Waals surface area contributed by atoms with E-state index < -0.39 is 5.92 Å². The molecule has 1 N–H and O–H groups in total. The van der Waals surface area contributed by atoms with Crippen LogP contribution in [-0.2, 0) is 6.54 Å². The van der Waals surface area contributed by atoms with Gasteiger partial charge in [-0.1, -0.05) is 6.07 Å². The molecule has 4 rings (SSSR count). The van der Waals surface area contributed by atoms with Crippen LogP contribution in [0.15, 0.2) is 42.5 Å². The lowest BCUT2D eigenvalue weighted by Crippen LogP contribution is -2.39. The normalized spacial score (nSPS) is 18.8. The molecule has 0 aromatic heterocycles. The molecule has 0 bridgehead atoms. The van der Waals surface area contributed by atoms with Crippen LogP contribution < -0.4 is 10.2 Å². The van der Waals surface area contributed by atoms with Gasteiger partial charge in [0.25, 0.3) is 11.8 Å². The summed E-state index contributed by atoms with van der Waals surface area (Å²) in [6.45, 7) is 1.40. The molecule has 0 saturated carbocycles. The van der Waals surface area contributed by atoms with Gasteiger partial charge in [-0.25, -0.2) is 8.78 Å². The van der Waals surface area contributed by atoms with Crippen molar-refractivity contribution in [1.82, 2.24) is 4.90 Å². The highest BCUT2D eigenvalue weighted by atomic mass is 19.3. The topological polar surface area (TPSA) is 35.6 Å². The van der Waals surface area contributed by atoms with Gasteiger partial charge in [0.15, 0.2) is 0 Å². The van der Waals surface area contributed by atoms with E-state index in [1.165, 1.54) is 0 Å². The second kappa shape index (κ2) is 6.27. The highest BCUT2D eigenvalue weighted by molar-refractivity contribution is 5.99. The number of halogens is 2. The number of carbonyl (C=O) groups is 1. The first kappa shape index (κ1) is 16.8. The molecule has 1 amide bonds. The van der Waals surface area contributed by atoms with E-state index in [0.29, 0.717) is 19.6 Å². The van der Waals surface area contributed by atoms with Crippen LogP contribution in [0.4, 0.5) is 25.8 Å². The first-order valence-electron chi connectivity index (χ1n) is 8.80. The van der Waals surface area contributed by atoms with E-state index in [0.717, 1.165) is 28.2 Å². The molecular weight excluding hydrogens is 336 g/mol. The standard InChI is InChI=1S/C20H21F2N3O/c1-24-13-14-2-3-16(12-18(14)19(24)26)23-15-4-6-17(7-5-15)25-10-8-20(21,22)9-11-25/h2-7,12,23H,8-11,13H2,1H3. The zero-order chi connectivity index (χ0) is 18.3. The molecule has 2 heterocycles. The SMILES string of the molecule is CN1Cc2ccc(Nc3ccc(N4CCC(F)(F)CC4)cc3)cc2C1=O. The molecule has 0 atom stereocenters. The van der Waals surface area contributed by atoms with E-state index in [-0.39, 0.29) is 18.7 Å². The number of amides is 1. The summed E-state index contributed by atoms with van der Waals surface area (Å²) in [6, 6.07) is 13.6. The molecule has 2 aromatic rings. The highest BCUT2D eigenvalue weighted by Crippen LogP contribution is 2.31. The Balaban J connectivity index is 1.45. The molecule has 2 aromatic carbocycles. The number of anilines is 3. The van der Waals surface area contributed by atoms with Crippen LogP contribution >= 0.6 is 0 Å². The van der Waals surface area contributed by atoms with Gasteiger partial charge in [0, 0.05) is 62.1 Å². The average molecular weight is 357 g/mol. The van der Waals surface area contributed by atoms with E-state index in [1.54, 1.807) is 11.9 Å². The molecule has 0 aliphatic carbocycles. The van der Waals surface area contributed by atoms with Crippen molar-refractivity contribution < 1.29 is 13.6 Å². The summed E-state index contributed by atoms with van der Waals surface area (Å²) in [7, 11) is 1.80. The van der Waals surface area contributed by atoms with E-state index in [2.05, 4.69) is 5.32 Å². The van der Waals surface area contributed by atoms with Crippen molar-refractivity contribution >= 4 is 23.0 Å². The monoisotopic (exact) mass is 357 g/mol. The van der Waals surface area contributed by atoms with Crippen molar-refractivity contribution in [3.05, 3.63) is 53.6 Å². The van der Waals surface area contributed by atoms with Crippen LogP contribution in [0.3, 0.4) is 0 Å². The van der Waals surface area contributed by atoms with Crippen LogP contribution in [-0.4, -0.2) is 36.9 Å². The molecule has 2 aliphatic rings. The molecule has 1 fully saturated rings. The number of fused-ring (bicyclic) bond motifs is 1. The number of nitrogens with zero attached hydrogens (tertiary/aromatic N) is 2. The second-order valence-electron chi connectivity index (χ2n) is 7.05. The smallest absolute Gasteiger partial charge is 0.254 e. The number of piperidine rings is 1. The van der Waals surface area contributed by atoms with Gasteiger partial charge in [-0.15, -0.1) is 0 Å². The minimum atomic E-state index is -2.53. The Bertz CT molecular complexity index is 825. The van der Waals surface area contributed by atoms with Gasteiger partial charge in [-0.2, -0.15) is 0 Å². The molecule has 0 radical (unpaired) electrons. The summed E-state index contributed by atoms with van der Waals surface area (Å²) in [4.78, 5) is 15.8. The first-order chi connectivity index (χ1) is 12.4. The van der Waals surface area contributed by atoms with Gasteiger partial charge in [-0.05, 0) is 42.0 Å². The summed E-state index contributed by atoms with van der Waals surface area (Å²) in [6.07, 6.45) is -0.185. The van der Waals surface area contributed by atoms with Gasteiger partial charge < -0.3 is 15.1 Å². The maximum Gasteiger partial charge on any atom is 0.254 e. The van der Waals surface area contributed by atoms with E-state index in [4.69, 9.17) is 0 Å². The highest BCUT2D eigenvalue weighted by Gasteiger charge is 2.34. The van der Waals surface area contributed by atoms with E-state index in [9.17, 15) is 13.6 Å². The van der Waals surface area contributed by atoms with Crippen molar-refractivity contribution in [2.45, 2.75) is 25.3 Å². The largest absolute Gasteiger partial charge is 0.371 e. The van der Waals surface area contributed by atoms with Crippen molar-refractivity contribution in [2.24, 2.45) is 0 Å². The van der Waals surface area contributed by atoms with Crippen LogP contribution in [0.5, 0.6) is 0 Å². The van der Waals surface area contributed by atoms with Crippen molar-refractivity contribution in [1.29, 1.82) is 0 Å². The van der Waals surface area contributed by atoms with Gasteiger partial charge >= 0.3 is 0 Å². The van der Waals surface area contributed by atoms with Gasteiger partial charge in [-0.3, -0.25) is 4.79 Å². The molecule has 26 heavy (non-hydrogen) atoms. The van der Waals surface area contributed by atoms with Gasteiger partial charge in [0.1, 0.15) is 0 Å². The third-order valence-corrected chi connectivity index (χ3v) is 5.11. The lowest BCUT2D eigenvalue weighted by molar-refractivity contribution is -0.0220. The zero-order valence-corrected chi connectivity index (χ0v) is 14.6. The number of rotatable bonds is 3.